The van der Waals surface area contributed by atoms with Crippen LogP contribution in [0.4, 0.5) is 11.4 Å². The molecule has 1 aliphatic heterocycles. The fraction of sp³-hybridized carbons (Fsp3) is 0.0357. The predicted molar refractivity (Wildman–Crippen MR) is 133 cm³/mol. The molecule has 0 bridgehead atoms. The number of imide groups is 1. The van der Waals surface area contributed by atoms with Crippen LogP contribution in [0.15, 0.2) is 97.1 Å². The molecule has 0 radical (unpaired) electrons. The molecule has 0 aromatic heterocycles. The molecule has 1 heterocycles. The number of nitro groups is 1. The molecule has 1 aliphatic rings. The van der Waals surface area contributed by atoms with Crippen LogP contribution in [0.3, 0.4) is 0 Å². The summed E-state index contributed by atoms with van der Waals surface area (Å²) >= 11 is 0. The van der Waals surface area contributed by atoms with E-state index in [2.05, 4.69) is 0 Å². The SMILES string of the molecule is O=C(OCc1ccc(Oc2ccc([N+](=O)[O-])cc2)cc1)c1ccc2c(c1)C(=O)N(c1ccccc1)C2=O. The molecule has 0 saturated heterocycles. The number of hydrogen-bond donors (Lipinski definition) is 0. The molecule has 5 rings (SSSR count). The van der Waals surface area contributed by atoms with Crippen LogP contribution >= 0.6 is 0 Å². The highest BCUT2D eigenvalue weighted by Crippen LogP contribution is 2.29. The van der Waals surface area contributed by atoms with Gasteiger partial charge in [0.2, 0.25) is 0 Å². The Hall–Kier alpha value is -5.31. The maximum Gasteiger partial charge on any atom is 0.338 e. The van der Waals surface area contributed by atoms with Gasteiger partial charge in [0, 0.05) is 12.1 Å². The standard InChI is InChI=1S/C28H18N2O7/c31-26-24-15-8-19(16-25(24)27(32)29(26)20-4-2-1-3-5-20)28(33)36-17-18-6-11-22(12-7-18)37-23-13-9-21(10-14-23)30(34)35/h1-16H,17H2. The Kier molecular flexibility index (Phi) is 6.17. The normalized spacial score (nSPS) is 12.3. The number of non-ortho nitro benzene ring substituents is 1. The highest BCUT2D eigenvalue weighted by atomic mass is 16.6. The van der Waals surface area contributed by atoms with E-state index >= 15 is 0 Å². The van der Waals surface area contributed by atoms with E-state index in [1.165, 1.54) is 42.5 Å². The molecule has 0 fully saturated rings. The third kappa shape index (κ3) is 4.78. The zero-order valence-corrected chi connectivity index (χ0v) is 19.2. The van der Waals surface area contributed by atoms with Crippen molar-refractivity contribution in [1.82, 2.24) is 0 Å². The Morgan fingerprint density at radius 2 is 1.41 bits per heavy atom. The molecule has 37 heavy (non-hydrogen) atoms. The molecule has 0 N–H and O–H groups in total. The highest BCUT2D eigenvalue weighted by Gasteiger charge is 2.37. The summed E-state index contributed by atoms with van der Waals surface area (Å²) < 4.78 is 11.1. The van der Waals surface area contributed by atoms with Gasteiger partial charge in [0.15, 0.2) is 0 Å². The second kappa shape index (κ2) is 9.74. The van der Waals surface area contributed by atoms with E-state index in [4.69, 9.17) is 9.47 Å². The van der Waals surface area contributed by atoms with Crippen molar-refractivity contribution >= 4 is 29.2 Å². The fourth-order valence-corrected chi connectivity index (χ4v) is 3.84. The minimum absolute atomic E-state index is 0.0171. The molecule has 0 unspecified atom stereocenters. The van der Waals surface area contributed by atoms with Crippen molar-refractivity contribution in [1.29, 1.82) is 0 Å². The Labute approximate surface area is 210 Å². The largest absolute Gasteiger partial charge is 0.457 e. The Balaban J connectivity index is 1.22. The van der Waals surface area contributed by atoms with E-state index < -0.39 is 22.7 Å². The van der Waals surface area contributed by atoms with Crippen LogP contribution in [0.5, 0.6) is 11.5 Å². The van der Waals surface area contributed by atoms with E-state index in [0.717, 1.165) is 4.90 Å². The molecule has 0 aliphatic carbocycles. The van der Waals surface area contributed by atoms with Gasteiger partial charge in [-0.2, -0.15) is 0 Å². The third-order valence-electron chi connectivity index (χ3n) is 5.71. The number of anilines is 1. The van der Waals surface area contributed by atoms with E-state index in [1.54, 1.807) is 54.6 Å². The van der Waals surface area contributed by atoms with Crippen LogP contribution in [0, 0.1) is 10.1 Å². The van der Waals surface area contributed by atoms with Gasteiger partial charge in [-0.25, -0.2) is 9.69 Å². The second-order valence-corrected chi connectivity index (χ2v) is 8.11. The van der Waals surface area contributed by atoms with E-state index in [1.807, 2.05) is 0 Å². The lowest BCUT2D eigenvalue weighted by molar-refractivity contribution is -0.384. The van der Waals surface area contributed by atoms with Gasteiger partial charge in [0.1, 0.15) is 18.1 Å². The third-order valence-corrected chi connectivity index (χ3v) is 5.71. The van der Waals surface area contributed by atoms with Gasteiger partial charge in [-0.15, -0.1) is 0 Å². The summed E-state index contributed by atoms with van der Waals surface area (Å²) in [5.74, 6) is -0.618. The number of rotatable bonds is 7. The number of hydrogen-bond acceptors (Lipinski definition) is 7. The molecule has 0 spiro atoms. The van der Waals surface area contributed by atoms with Crippen molar-refractivity contribution in [3.8, 4) is 11.5 Å². The summed E-state index contributed by atoms with van der Waals surface area (Å²) in [6.07, 6.45) is 0. The first-order valence-electron chi connectivity index (χ1n) is 11.2. The number of fused-ring (bicyclic) bond motifs is 1. The lowest BCUT2D eigenvalue weighted by Gasteiger charge is -2.13. The number of carbonyl (C=O) groups excluding carboxylic acids is 3. The minimum Gasteiger partial charge on any atom is -0.457 e. The van der Waals surface area contributed by atoms with Gasteiger partial charge in [-0.05, 0) is 60.2 Å². The van der Waals surface area contributed by atoms with Crippen molar-refractivity contribution in [3.05, 3.63) is 129 Å². The fourth-order valence-electron chi connectivity index (χ4n) is 3.84. The van der Waals surface area contributed by atoms with Crippen molar-refractivity contribution in [2.45, 2.75) is 6.61 Å². The molecular weight excluding hydrogens is 476 g/mol. The van der Waals surface area contributed by atoms with E-state index in [9.17, 15) is 24.5 Å². The average Bonchev–Trinajstić information content (AvgIpc) is 3.17. The van der Waals surface area contributed by atoms with Crippen LogP contribution in [0.1, 0.15) is 36.6 Å². The number of nitrogens with zero attached hydrogens (tertiary/aromatic N) is 2. The van der Waals surface area contributed by atoms with Crippen LogP contribution < -0.4 is 9.64 Å². The number of esters is 1. The Bertz CT molecular complexity index is 1510. The molecule has 0 saturated carbocycles. The summed E-state index contributed by atoms with van der Waals surface area (Å²) in [5.41, 5.74) is 1.67. The summed E-state index contributed by atoms with van der Waals surface area (Å²) in [5, 5.41) is 10.8. The molecule has 9 heteroatoms. The lowest BCUT2D eigenvalue weighted by atomic mass is 10.1. The molecule has 182 valence electrons. The first-order valence-corrected chi connectivity index (χ1v) is 11.2. The zero-order chi connectivity index (χ0) is 25.9. The quantitative estimate of drug-likeness (QED) is 0.143. The monoisotopic (exact) mass is 494 g/mol. The Morgan fingerprint density at radius 3 is 2.05 bits per heavy atom. The number of ether oxygens (including phenoxy) is 2. The molecule has 2 amide bonds. The Morgan fingerprint density at radius 1 is 0.784 bits per heavy atom. The number of para-hydroxylation sites is 1. The first-order chi connectivity index (χ1) is 17.9. The topological polar surface area (TPSA) is 116 Å². The molecule has 9 nitrogen and oxygen atoms in total. The number of benzene rings is 4. The summed E-state index contributed by atoms with van der Waals surface area (Å²) in [4.78, 5) is 49.6. The second-order valence-electron chi connectivity index (χ2n) is 8.11. The minimum atomic E-state index is -0.632. The number of nitro benzene ring substituents is 1. The predicted octanol–water partition coefficient (Wildman–Crippen LogP) is 5.54. The van der Waals surface area contributed by atoms with Crippen molar-refractivity contribution in [2.75, 3.05) is 4.90 Å². The molecular formula is C28H18N2O7. The number of amides is 2. The van der Waals surface area contributed by atoms with Crippen LogP contribution in [0.2, 0.25) is 0 Å². The van der Waals surface area contributed by atoms with Gasteiger partial charge in [0.05, 0.1) is 27.3 Å². The summed E-state index contributed by atoms with van der Waals surface area (Å²) in [6, 6.07) is 25.4. The van der Waals surface area contributed by atoms with Gasteiger partial charge >= 0.3 is 5.97 Å². The summed E-state index contributed by atoms with van der Waals surface area (Å²) in [7, 11) is 0. The van der Waals surface area contributed by atoms with Crippen LogP contribution in [-0.2, 0) is 11.3 Å². The smallest absolute Gasteiger partial charge is 0.338 e. The summed E-state index contributed by atoms with van der Waals surface area (Å²) in [6.45, 7) is -0.0171. The van der Waals surface area contributed by atoms with Crippen molar-refractivity contribution < 1.29 is 28.8 Å². The van der Waals surface area contributed by atoms with Gasteiger partial charge in [-0.3, -0.25) is 19.7 Å². The maximum absolute atomic E-state index is 12.9. The average molecular weight is 494 g/mol. The first kappa shape index (κ1) is 23.4. The zero-order valence-electron chi connectivity index (χ0n) is 19.2. The highest BCUT2D eigenvalue weighted by molar-refractivity contribution is 6.34. The van der Waals surface area contributed by atoms with Gasteiger partial charge in [0.25, 0.3) is 17.5 Å². The molecule has 4 aromatic carbocycles. The molecule has 4 aromatic rings. The van der Waals surface area contributed by atoms with E-state index in [-0.39, 0.29) is 29.0 Å². The lowest BCUT2D eigenvalue weighted by Crippen LogP contribution is -2.29. The van der Waals surface area contributed by atoms with Crippen LogP contribution in [0.25, 0.3) is 0 Å². The van der Waals surface area contributed by atoms with Gasteiger partial charge < -0.3 is 9.47 Å². The maximum atomic E-state index is 12.9. The number of carbonyl (C=O) groups is 3. The van der Waals surface area contributed by atoms with E-state index in [0.29, 0.717) is 22.7 Å². The molecule has 0 atom stereocenters. The van der Waals surface area contributed by atoms with Crippen LogP contribution in [-0.4, -0.2) is 22.7 Å². The van der Waals surface area contributed by atoms with Crippen molar-refractivity contribution in [2.24, 2.45) is 0 Å². The van der Waals surface area contributed by atoms with Crippen molar-refractivity contribution in [3.63, 3.8) is 0 Å². The van der Waals surface area contributed by atoms with Gasteiger partial charge in [-0.1, -0.05) is 30.3 Å².